The third-order valence-electron chi connectivity index (χ3n) is 4.18. The van der Waals surface area contributed by atoms with Gasteiger partial charge in [0.05, 0.1) is 18.4 Å². The number of hydrogen-bond acceptors (Lipinski definition) is 6. The lowest BCUT2D eigenvalue weighted by atomic mass is 10.2. The summed E-state index contributed by atoms with van der Waals surface area (Å²) in [5, 5.41) is 7.74. The monoisotopic (exact) mass is 434 g/mol. The first-order valence-corrected chi connectivity index (χ1v) is 11.1. The number of rotatable bonds is 12. The predicted molar refractivity (Wildman–Crippen MR) is 116 cm³/mol. The van der Waals surface area contributed by atoms with Gasteiger partial charge >= 0.3 is 0 Å². The molecule has 0 fully saturated rings. The van der Waals surface area contributed by atoms with Crippen LogP contribution >= 0.6 is 11.3 Å². The van der Waals surface area contributed by atoms with Gasteiger partial charge in [0.2, 0.25) is 11.8 Å². The van der Waals surface area contributed by atoms with E-state index in [0.29, 0.717) is 23.9 Å². The van der Waals surface area contributed by atoms with Gasteiger partial charge in [-0.2, -0.15) is 0 Å². The molecule has 8 nitrogen and oxygen atoms in total. The minimum atomic E-state index is -0.347. The minimum absolute atomic E-state index is 0.0820. The van der Waals surface area contributed by atoms with Gasteiger partial charge < -0.3 is 20.0 Å². The number of carbonyl (C=O) groups is 3. The molecular formula is C21H30N4O4S. The molecule has 0 aromatic carbocycles. The smallest absolute Gasteiger partial charge is 0.290 e. The van der Waals surface area contributed by atoms with Gasteiger partial charge in [0.25, 0.3) is 5.91 Å². The Hall–Kier alpha value is -2.68. The Kier molecular flexibility index (Phi) is 9.53. The van der Waals surface area contributed by atoms with Crippen LogP contribution in [0.5, 0.6) is 0 Å². The number of unbranched alkanes of at least 4 members (excludes halogenated alkanes) is 2. The summed E-state index contributed by atoms with van der Waals surface area (Å²) >= 11 is 1.25. The zero-order valence-electron chi connectivity index (χ0n) is 17.8. The molecule has 0 aliphatic carbocycles. The molecule has 2 N–H and O–H groups in total. The van der Waals surface area contributed by atoms with Crippen molar-refractivity contribution < 1.29 is 18.8 Å². The Morgan fingerprint density at radius 1 is 1.23 bits per heavy atom. The van der Waals surface area contributed by atoms with Crippen molar-refractivity contribution in [3.63, 3.8) is 0 Å². The van der Waals surface area contributed by atoms with Crippen LogP contribution in [-0.4, -0.2) is 47.2 Å². The number of anilines is 1. The SMILES string of the molecule is CCCCCNC(=O)Cc1csc(NC(=O)CN(CC(C)C)C(=O)c2ccco2)n1. The van der Waals surface area contributed by atoms with Crippen LogP contribution in [0.1, 0.15) is 56.3 Å². The maximum atomic E-state index is 12.6. The average molecular weight is 435 g/mol. The molecule has 0 aliphatic heterocycles. The number of furan rings is 1. The Balaban J connectivity index is 1.87. The first kappa shape index (κ1) is 23.6. The third kappa shape index (κ3) is 7.98. The molecule has 0 spiro atoms. The molecule has 0 bridgehead atoms. The van der Waals surface area contributed by atoms with Gasteiger partial charge in [-0.05, 0) is 24.5 Å². The Morgan fingerprint density at radius 3 is 2.70 bits per heavy atom. The van der Waals surface area contributed by atoms with Gasteiger partial charge in [-0.15, -0.1) is 11.3 Å². The van der Waals surface area contributed by atoms with E-state index in [1.807, 2.05) is 13.8 Å². The summed E-state index contributed by atoms with van der Waals surface area (Å²) < 4.78 is 5.17. The van der Waals surface area contributed by atoms with Crippen molar-refractivity contribution in [2.24, 2.45) is 5.92 Å². The number of hydrogen-bond donors (Lipinski definition) is 2. The van der Waals surface area contributed by atoms with E-state index in [9.17, 15) is 14.4 Å². The van der Waals surface area contributed by atoms with E-state index in [1.54, 1.807) is 17.5 Å². The van der Waals surface area contributed by atoms with Gasteiger partial charge in [-0.3, -0.25) is 14.4 Å². The molecule has 30 heavy (non-hydrogen) atoms. The zero-order chi connectivity index (χ0) is 21.9. The standard InChI is InChI=1S/C21H30N4O4S/c1-4-5-6-9-22-18(26)11-16-14-30-21(23-16)24-19(27)13-25(12-15(2)3)20(28)17-8-7-10-29-17/h7-8,10,14-15H,4-6,9,11-13H2,1-3H3,(H,22,26)(H,23,24,27). The maximum Gasteiger partial charge on any atom is 0.290 e. The molecule has 164 valence electrons. The van der Waals surface area contributed by atoms with Crippen molar-refractivity contribution in [2.75, 3.05) is 25.0 Å². The normalized spacial score (nSPS) is 10.8. The lowest BCUT2D eigenvalue weighted by Gasteiger charge is -2.22. The number of amides is 3. The number of nitrogens with one attached hydrogen (secondary N) is 2. The second-order valence-corrected chi connectivity index (χ2v) is 8.34. The van der Waals surface area contributed by atoms with E-state index in [2.05, 4.69) is 22.5 Å². The van der Waals surface area contributed by atoms with Gasteiger partial charge in [0.15, 0.2) is 10.9 Å². The average Bonchev–Trinajstić information content (AvgIpc) is 3.36. The topological polar surface area (TPSA) is 105 Å². The number of aromatic nitrogens is 1. The molecule has 0 atom stereocenters. The second kappa shape index (κ2) is 12.1. The number of nitrogens with zero attached hydrogens (tertiary/aromatic N) is 2. The molecule has 0 aliphatic rings. The van der Waals surface area contributed by atoms with Gasteiger partial charge in [-0.1, -0.05) is 33.6 Å². The molecule has 2 heterocycles. The molecule has 3 amide bonds. The van der Waals surface area contributed by atoms with Crippen LogP contribution < -0.4 is 10.6 Å². The molecule has 0 unspecified atom stereocenters. The highest BCUT2D eigenvalue weighted by atomic mass is 32.1. The molecular weight excluding hydrogens is 404 g/mol. The van der Waals surface area contributed by atoms with Crippen molar-refractivity contribution in [3.05, 3.63) is 35.2 Å². The Labute approximate surface area is 181 Å². The number of carbonyl (C=O) groups excluding carboxylic acids is 3. The van der Waals surface area contributed by atoms with Gasteiger partial charge in [0, 0.05) is 18.5 Å². The molecule has 2 aromatic rings. The van der Waals surface area contributed by atoms with Crippen molar-refractivity contribution in [1.29, 1.82) is 0 Å². The van der Waals surface area contributed by atoms with E-state index < -0.39 is 0 Å². The minimum Gasteiger partial charge on any atom is -0.459 e. The van der Waals surface area contributed by atoms with Gasteiger partial charge in [0.1, 0.15) is 6.54 Å². The summed E-state index contributed by atoms with van der Waals surface area (Å²) in [6.07, 6.45) is 4.76. The first-order valence-electron chi connectivity index (χ1n) is 10.2. The van der Waals surface area contributed by atoms with E-state index in [1.165, 1.54) is 22.5 Å². The van der Waals surface area contributed by atoms with Crippen molar-refractivity contribution in [1.82, 2.24) is 15.2 Å². The lowest BCUT2D eigenvalue weighted by Crippen LogP contribution is -2.40. The fourth-order valence-corrected chi connectivity index (χ4v) is 3.55. The van der Waals surface area contributed by atoms with Crippen LogP contribution in [0.3, 0.4) is 0 Å². The van der Waals surface area contributed by atoms with Crippen LogP contribution in [-0.2, 0) is 16.0 Å². The zero-order valence-corrected chi connectivity index (χ0v) is 18.6. The van der Waals surface area contributed by atoms with Crippen LogP contribution in [0.25, 0.3) is 0 Å². The molecule has 0 saturated heterocycles. The maximum absolute atomic E-state index is 12.6. The Morgan fingerprint density at radius 2 is 2.03 bits per heavy atom. The van der Waals surface area contributed by atoms with E-state index in [4.69, 9.17) is 4.42 Å². The quantitative estimate of drug-likeness (QED) is 0.499. The van der Waals surface area contributed by atoms with Gasteiger partial charge in [-0.25, -0.2) is 4.98 Å². The first-order chi connectivity index (χ1) is 14.4. The highest BCUT2D eigenvalue weighted by Gasteiger charge is 2.22. The summed E-state index contributed by atoms with van der Waals surface area (Å²) in [4.78, 5) is 42.8. The summed E-state index contributed by atoms with van der Waals surface area (Å²) in [6, 6.07) is 3.21. The molecule has 0 saturated carbocycles. The van der Waals surface area contributed by atoms with Crippen molar-refractivity contribution in [2.45, 2.75) is 46.5 Å². The Bertz CT molecular complexity index is 817. The predicted octanol–water partition coefficient (Wildman–Crippen LogP) is 3.32. The van der Waals surface area contributed by atoms with Crippen LogP contribution in [0.15, 0.2) is 28.2 Å². The second-order valence-electron chi connectivity index (χ2n) is 7.48. The highest BCUT2D eigenvalue weighted by molar-refractivity contribution is 7.13. The highest BCUT2D eigenvalue weighted by Crippen LogP contribution is 2.16. The summed E-state index contributed by atoms with van der Waals surface area (Å²) in [7, 11) is 0. The van der Waals surface area contributed by atoms with Crippen LogP contribution in [0, 0.1) is 5.92 Å². The summed E-state index contributed by atoms with van der Waals surface area (Å²) in [5.74, 6) is -0.366. The van der Waals surface area contributed by atoms with Crippen LogP contribution in [0.2, 0.25) is 0 Å². The molecule has 2 rings (SSSR count). The van der Waals surface area contributed by atoms with Crippen molar-refractivity contribution >= 4 is 34.2 Å². The summed E-state index contributed by atoms with van der Waals surface area (Å²) in [5.41, 5.74) is 0.606. The van der Waals surface area contributed by atoms with E-state index >= 15 is 0 Å². The van der Waals surface area contributed by atoms with E-state index in [0.717, 1.165) is 19.3 Å². The van der Waals surface area contributed by atoms with E-state index in [-0.39, 0.29) is 42.4 Å². The third-order valence-corrected chi connectivity index (χ3v) is 4.99. The lowest BCUT2D eigenvalue weighted by molar-refractivity contribution is -0.120. The number of thiazole rings is 1. The largest absolute Gasteiger partial charge is 0.459 e. The van der Waals surface area contributed by atoms with Crippen LogP contribution in [0.4, 0.5) is 5.13 Å². The fourth-order valence-electron chi connectivity index (χ4n) is 2.82. The fraction of sp³-hybridized carbons (Fsp3) is 0.524. The molecule has 2 aromatic heterocycles. The molecule has 0 radical (unpaired) electrons. The summed E-state index contributed by atoms with van der Waals surface area (Å²) in [6.45, 7) is 7.04. The molecule has 9 heteroatoms. The van der Waals surface area contributed by atoms with Crippen molar-refractivity contribution in [3.8, 4) is 0 Å².